The van der Waals surface area contributed by atoms with Crippen LogP contribution in [0.3, 0.4) is 0 Å². The van der Waals surface area contributed by atoms with E-state index < -0.39 is 5.91 Å². The molecule has 1 aliphatic rings. The second-order valence-corrected chi connectivity index (χ2v) is 9.38. The van der Waals surface area contributed by atoms with Crippen molar-refractivity contribution in [2.45, 2.75) is 38.6 Å². The van der Waals surface area contributed by atoms with Crippen LogP contribution in [-0.4, -0.2) is 10.5 Å². The first kappa shape index (κ1) is 20.4. The zero-order chi connectivity index (χ0) is 21.5. The molecule has 0 unspecified atom stereocenters. The number of hydrogen-bond acceptors (Lipinski definition) is 1. The van der Waals surface area contributed by atoms with Crippen molar-refractivity contribution in [3.8, 4) is 11.1 Å². The predicted octanol–water partition coefficient (Wildman–Crippen LogP) is 7.45. The van der Waals surface area contributed by atoms with Gasteiger partial charge < -0.3 is 10.3 Å². The fourth-order valence-corrected chi connectivity index (χ4v) is 5.58. The Bertz CT molecular complexity index is 1300. The van der Waals surface area contributed by atoms with Crippen molar-refractivity contribution in [3.05, 3.63) is 70.2 Å². The molecule has 0 spiro atoms. The normalized spacial score (nSPS) is 15.0. The number of fused-ring (bicyclic) bond motifs is 3. The van der Waals surface area contributed by atoms with Gasteiger partial charge in [0.05, 0.1) is 0 Å². The lowest BCUT2D eigenvalue weighted by atomic mass is 9.89. The maximum absolute atomic E-state index is 12.2. The number of nitrogens with zero attached hydrogens (tertiary/aromatic N) is 1. The molecule has 1 aromatic heterocycles. The van der Waals surface area contributed by atoms with Crippen LogP contribution in [0.25, 0.3) is 32.9 Å². The van der Waals surface area contributed by atoms with Crippen LogP contribution in [0.4, 0.5) is 0 Å². The van der Waals surface area contributed by atoms with Gasteiger partial charge in [-0.2, -0.15) is 0 Å². The number of halogens is 2. The van der Waals surface area contributed by atoms with Crippen LogP contribution >= 0.6 is 23.2 Å². The van der Waals surface area contributed by atoms with Crippen molar-refractivity contribution >= 4 is 50.9 Å². The van der Waals surface area contributed by atoms with E-state index in [0.717, 1.165) is 39.5 Å². The van der Waals surface area contributed by atoms with Crippen LogP contribution in [0.5, 0.6) is 0 Å². The van der Waals surface area contributed by atoms with Crippen LogP contribution in [0.15, 0.2) is 54.6 Å². The zero-order valence-electron chi connectivity index (χ0n) is 17.2. The van der Waals surface area contributed by atoms with Gasteiger partial charge in [0.2, 0.25) is 5.91 Å². The van der Waals surface area contributed by atoms with Crippen LogP contribution in [0.1, 0.15) is 42.5 Å². The Morgan fingerprint density at radius 1 is 0.968 bits per heavy atom. The van der Waals surface area contributed by atoms with Crippen molar-refractivity contribution in [1.29, 1.82) is 0 Å². The number of aromatic nitrogens is 1. The summed E-state index contributed by atoms with van der Waals surface area (Å²) in [6.07, 6.45) is 6.41. The van der Waals surface area contributed by atoms with E-state index in [4.69, 9.17) is 28.9 Å². The first-order chi connectivity index (χ1) is 15.0. The third kappa shape index (κ3) is 3.71. The van der Waals surface area contributed by atoms with Crippen molar-refractivity contribution < 1.29 is 4.79 Å². The highest BCUT2D eigenvalue weighted by atomic mass is 35.5. The number of amides is 1. The summed E-state index contributed by atoms with van der Waals surface area (Å²) < 4.78 is 2.38. The summed E-state index contributed by atoms with van der Waals surface area (Å²) in [6.45, 7) is 0.944. The van der Waals surface area contributed by atoms with E-state index in [1.165, 1.54) is 32.1 Å². The lowest BCUT2D eigenvalue weighted by Crippen LogP contribution is -2.14. The minimum Gasteiger partial charge on any atom is -0.366 e. The van der Waals surface area contributed by atoms with E-state index in [2.05, 4.69) is 28.8 Å². The summed E-state index contributed by atoms with van der Waals surface area (Å²) in [7, 11) is 0. The molecule has 0 aliphatic heterocycles. The third-order valence-corrected chi connectivity index (χ3v) is 7.11. The van der Waals surface area contributed by atoms with Crippen molar-refractivity contribution in [1.82, 2.24) is 4.57 Å². The summed E-state index contributed by atoms with van der Waals surface area (Å²) in [5, 5.41) is 3.23. The van der Waals surface area contributed by atoms with E-state index in [1.54, 1.807) is 6.07 Å². The van der Waals surface area contributed by atoms with Crippen LogP contribution < -0.4 is 5.73 Å². The van der Waals surface area contributed by atoms with Crippen LogP contribution in [0, 0.1) is 5.92 Å². The molecular formula is C26H24Cl2N2O. The molecule has 3 nitrogen and oxygen atoms in total. The molecule has 5 heteroatoms. The molecule has 3 aromatic carbocycles. The minimum atomic E-state index is -0.396. The maximum Gasteiger partial charge on any atom is 0.249 e. The van der Waals surface area contributed by atoms with Gasteiger partial charge in [-0.3, -0.25) is 4.79 Å². The summed E-state index contributed by atoms with van der Waals surface area (Å²) in [4.78, 5) is 12.2. The SMILES string of the molecule is NC(=O)c1cccc2c1c1ccc(-c3ccc(Cl)cc3Cl)cc1n2CC1CCCCC1. The van der Waals surface area contributed by atoms with Crippen molar-refractivity contribution in [2.75, 3.05) is 0 Å². The molecule has 0 atom stereocenters. The molecule has 2 N–H and O–H groups in total. The summed E-state index contributed by atoms with van der Waals surface area (Å²) in [6, 6.07) is 17.7. The number of nitrogens with two attached hydrogens (primary N) is 1. The topological polar surface area (TPSA) is 48.0 Å². The number of primary amides is 1. The van der Waals surface area contributed by atoms with Crippen molar-refractivity contribution in [3.63, 3.8) is 0 Å². The van der Waals surface area contributed by atoms with Gasteiger partial charge in [-0.25, -0.2) is 0 Å². The van der Waals surface area contributed by atoms with E-state index in [9.17, 15) is 4.79 Å². The lowest BCUT2D eigenvalue weighted by Gasteiger charge is -2.23. The quantitative estimate of drug-likeness (QED) is 0.344. The number of rotatable bonds is 4. The second kappa shape index (κ2) is 8.22. The molecule has 0 bridgehead atoms. The predicted molar refractivity (Wildman–Crippen MR) is 130 cm³/mol. The van der Waals surface area contributed by atoms with Crippen LogP contribution in [-0.2, 0) is 6.54 Å². The Labute approximate surface area is 191 Å². The van der Waals surface area contributed by atoms with Crippen LogP contribution in [0.2, 0.25) is 10.0 Å². The average molecular weight is 451 g/mol. The average Bonchev–Trinajstić information content (AvgIpc) is 3.07. The highest BCUT2D eigenvalue weighted by Gasteiger charge is 2.21. The number of hydrogen-bond donors (Lipinski definition) is 1. The van der Waals surface area contributed by atoms with Gasteiger partial charge in [0.25, 0.3) is 0 Å². The molecule has 1 saturated carbocycles. The standard InChI is InChI=1S/C26H24Cl2N2O/c27-18-10-12-19(22(28)14-18)17-9-11-20-24(13-17)30(15-16-5-2-1-3-6-16)23-8-4-7-21(25(20)23)26(29)31/h4,7-14,16H,1-3,5-6,15H2,(H2,29,31). The monoisotopic (exact) mass is 450 g/mol. The Hall–Kier alpha value is -2.49. The molecule has 158 valence electrons. The largest absolute Gasteiger partial charge is 0.366 e. The van der Waals surface area contributed by atoms with Gasteiger partial charge in [-0.15, -0.1) is 0 Å². The molecule has 1 heterocycles. The smallest absolute Gasteiger partial charge is 0.249 e. The van der Waals surface area contributed by atoms with E-state index in [-0.39, 0.29) is 0 Å². The molecule has 0 saturated heterocycles. The molecule has 5 rings (SSSR count). The summed E-state index contributed by atoms with van der Waals surface area (Å²) in [5.41, 5.74) is 10.5. The van der Waals surface area contributed by atoms with Gasteiger partial charge in [0.1, 0.15) is 0 Å². The highest BCUT2D eigenvalue weighted by molar-refractivity contribution is 6.36. The summed E-state index contributed by atoms with van der Waals surface area (Å²) >= 11 is 12.6. The fourth-order valence-electron chi connectivity index (χ4n) is 5.07. The Morgan fingerprint density at radius 3 is 2.52 bits per heavy atom. The van der Waals surface area contributed by atoms with Gasteiger partial charge in [-0.1, -0.05) is 66.7 Å². The molecule has 4 aromatic rings. The lowest BCUT2D eigenvalue weighted by molar-refractivity contribution is 0.100. The molecule has 0 radical (unpaired) electrons. The third-order valence-electron chi connectivity index (χ3n) is 6.56. The number of benzene rings is 3. The Morgan fingerprint density at radius 2 is 1.77 bits per heavy atom. The van der Waals surface area contributed by atoms with Gasteiger partial charge in [0, 0.05) is 49.5 Å². The molecule has 31 heavy (non-hydrogen) atoms. The van der Waals surface area contributed by atoms with Gasteiger partial charge >= 0.3 is 0 Å². The van der Waals surface area contributed by atoms with Gasteiger partial charge in [-0.05, 0) is 54.7 Å². The molecule has 1 aliphatic carbocycles. The molecular weight excluding hydrogens is 427 g/mol. The first-order valence-corrected chi connectivity index (χ1v) is 11.6. The number of carbonyl (C=O) groups excluding carboxylic acids is 1. The van der Waals surface area contributed by atoms with Crippen molar-refractivity contribution in [2.24, 2.45) is 11.7 Å². The van der Waals surface area contributed by atoms with E-state index in [0.29, 0.717) is 21.5 Å². The zero-order valence-corrected chi connectivity index (χ0v) is 18.7. The Kier molecular flexibility index (Phi) is 5.41. The number of carbonyl (C=O) groups is 1. The highest BCUT2D eigenvalue weighted by Crippen LogP contribution is 2.38. The van der Waals surface area contributed by atoms with Gasteiger partial charge in [0.15, 0.2) is 0 Å². The first-order valence-electron chi connectivity index (χ1n) is 10.8. The molecule has 1 fully saturated rings. The second-order valence-electron chi connectivity index (χ2n) is 8.53. The minimum absolute atomic E-state index is 0.396. The summed E-state index contributed by atoms with van der Waals surface area (Å²) in [5.74, 6) is 0.250. The van der Waals surface area contributed by atoms with E-state index in [1.807, 2.05) is 24.3 Å². The maximum atomic E-state index is 12.2. The Balaban J connectivity index is 1.75. The van der Waals surface area contributed by atoms with E-state index >= 15 is 0 Å². The fraction of sp³-hybridized carbons (Fsp3) is 0.269. The molecule has 1 amide bonds.